The molecule has 1 aromatic rings. The zero-order valence-corrected chi connectivity index (χ0v) is 15.7. The van der Waals surface area contributed by atoms with Crippen molar-refractivity contribution < 1.29 is 14.3 Å². The summed E-state index contributed by atoms with van der Waals surface area (Å²) in [6.45, 7) is 7.92. The smallest absolute Gasteiger partial charge is 0.230 e. The van der Waals surface area contributed by atoms with Crippen molar-refractivity contribution in [3.05, 3.63) is 30.4 Å². The molecule has 2 bridgehead atoms. The Morgan fingerprint density at radius 1 is 1.50 bits per heavy atom. The van der Waals surface area contributed by atoms with Gasteiger partial charge in [-0.25, -0.2) is 4.98 Å². The summed E-state index contributed by atoms with van der Waals surface area (Å²) in [6, 6.07) is 0. The van der Waals surface area contributed by atoms with E-state index in [-0.39, 0.29) is 23.3 Å². The lowest BCUT2D eigenvalue weighted by molar-refractivity contribution is -0.143. The Balaban J connectivity index is 1.56. The third kappa shape index (κ3) is 2.65. The fourth-order valence-electron chi connectivity index (χ4n) is 4.51. The minimum absolute atomic E-state index is 0.00222. The number of hydrogen-bond donors (Lipinski definition) is 1. The maximum Gasteiger partial charge on any atom is 0.230 e. The standard InChI is InChI=1S/C19H26N4O3/c1-18(2,3)10-23-11-19-6-5-12(26-19)14(15(19)17(23)25)16(24)22(4)9-13-20-7-8-21-13/h5-8,12,14-15H,9-11H2,1-4H3,(H,20,21)/t12-,14?,15?,19-/m0/s1. The Morgan fingerprint density at radius 3 is 2.92 bits per heavy atom. The molecular formula is C19H26N4O3. The van der Waals surface area contributed by atoms with Gasteiger partial charge in [0.2, 0.25) is 11.8 Å². The van der Waals surface area contributed by atoms with E-state index in [0.717, 1.165) is 5.82 Å². The zero-order chi connectivity index (χ0) is 18.7. The molecule has 2 amide bonds. The molecule has 2 unspecified atom stereocenters. The van der Waals surface area contributed by atoms with Gasteiger partial charge in [0.05, 0.1) is 31.0 Å². The highest BCUT2D eigenvalue weighted by Crippen LogP contribution is 2.52. The van der Waals surface area contributed by atoms with Gasteiger partial charge in [-0.3, -0.25) is 9.59 Å². The first kappa shape index (κ1) is 17.3. The van der Waals surface area contributed by atoms with Crippen molar-refractivity contribution >= 4 is 11.8 Å². The molecule has 0 radical (unpaired) electrons. The van der Waals surface area contributed by atoms with E-state index in [1.165, 1.54) is 0 Å². The van der Waals surface area contributed by atoms with Gasteiger partial charge < -0.3 is 19.5 Å². The molecule has 1 N–H and O–H groups in total. The van der Waals surface area contributed by atoms with Gasteiger partial charge in [0.25, 0.3) is 0 Å². The molecular weight excluding hydrogens is 332 g/mol. The highest BCUT2D eigenvalue weighted by Gasteiger charge is 2.67. The lowest BCUT2D eigenvalue weighted by Gasteiger charge is -2.29. The molecule has 0 aliphatic carbocycles. The van der Waals surface area contributed by atoms with Crippen LogP contribution in [0.25, 0.3) is 0 Å². The van der Waals surface area contributed by atoms with Crippen molar-refractivity contribution in [1.29, 1.82) is 0 Å². The summed E-state index contributed by atoms with van der Waals surface area (Å²) in [6.07, 6.45) is 7.04. The van der Waals surface area contributed by atoms with Crippen LogP contribution in [-0.4, -0.2) is 63.4 Å². The van der Waals surface area contributed by atoms with Crippen molar-refractivity contribution in [2.24, 2.45) is 17.3 Å². The van der Waals surface area contributed by atoms with Crippen molar-refractivity contribution in [3.8, 4) is 0 Å². The van der Waals surface area contributed by atoms with Gasteiger partial charge in [-0.15, -0.1) is 0 Å². The van der Waals surface area contributed by atoms with Crippen LogP contribution in [0.2, 0.25) is 0 Å². The Labute approximate surface area is 153 Å². The molecule has 4 heterocycles. The quantitative estimate of drug-likeness (QED) is 0.821. The molecule has 1 spiro atoms. The molecule has 2 fully saturated rings. The van der Waals surface area contributed by atoms with Gasteiger partial charge in [0.15, 0.2) is 0 Å². The zero-order valence-electron chi connectivity index (χ0n) is 15.7. The van der Waals surface area contributed by atoms with Crippen LogP contribution in [0, 0.1) is 17.3 Å². The van der Waals surface area contributed by atoms with E-state index in [0.29, 0.717) is 19.6 Å². The topological polar surface area (TPSA) is 78.5 Å². The summed E-state index contributed by atoms with van der Waals surface area (Å²) in [7, 11) is 1.75. The minimum atomic E-state index is -0.640. The minimum Gasteiger partial charge on any atom is -0.360 e. The van der Waals surface area contributed by atoms with Crippen LogP contribution in [-0.2, 0) is 20.9 Å². The predicted molar refractivity (Wildman–Crippen MR) is 94.8 cm³/mol. The first-order valence-corrected chi connectivity index (χ1v) is 9.09. The van der Waals surface area contributed by atoms with E-state index in [1.54, 1.807) is 24.3 Å². The van der Waals surface area contributed by atoms with E-state index in [1.807, 2.05) is 17.1 Å². The molecule has 0 saturated carbocycles. The van der Waals surface area contributed by atoms with Crippen LogP contribution in [0.5, 0.6) is 0 Å². The largest absolute Gasteiger partial charge is 0.360 e. The second-order valence-electron chi connectivity index (χ2n) is 8.89. The SMILES string of the molecule is CN(Cc1ncc[nH]1)C(=O)C1C2C(=O)N(CC(C)(C)C)C[C@@]23C=C[C@@H]1O3. The van der Waals surface area contributed by atoms with E-state index >= 15 is 0 Å². The number of imidazole rings is 1. The normalized spacial score (nSPS) is 32.4. The number of nitrogens with one attached hydrogen (secondary N) is 1. The summed E-state index contributed by atoms with van der Waals surface area (Å²) in [5, 5.41) is 0. The number of aromatic amines is 1. The molecule has 4 rings (SSSR count). The van der Waals surface area contributed by atoms with Gasteiger partial charge in [-0.05, 0) is 5.41 Å². The number of rotatable bonds is 4. The predicted octanol–water partition coefficient (Wildman–Crippen LogP) is 1.20. The molecule has 3 aliphatic heterocycles. The lowest BCUT2D eigenvalue weighted by atomic mass is 9.76. The number of carbonyl (C=O) groups is 2. The Morgan fingerprint density at radius 2 is 2.27 bits per heavy atom. The third-order valence-corrected chi connectivity index (χ3v) is 5.45. The van der Waals surface area contributed by atoms with E-state index in [9.17, 15) is 9.59 Å². The van der Waals surface area contributed by atoms with Crippen LogP contribution in [0.4, 0.5) is 0 Å². The van der Waals surface area contributed by atoms with Crippen molar-refractivity contribution in [1.82, 2.24) is 19.8 Å². The van der Waals surface area contributed by atoms with Gasteiger partial charge in [-0.2, -0.15) is 0 Å². The molecule has 0 aromatic carbocycles. The maximum atomic E-state index is 13.1. The first-order chi connectivity index (χ1) is 12.2. The van der Waals surface area contributed by atoms with Crippen LogP contribution in [0.1, 0.15) is 26.6 Å². The molecule has 7 nitrogen and oxygen atoms in total. The van der Waals surface area contributed by atoms with E-state index in [2.05, 4.69) is 30.7 Å². The fourth-order valence-corrected chi connectivity index (χ4v) is 4.51. The monoisotopic (exact) mass is 358 g/mol. The van der Waals surface area contributed by atoms with Crippen LogP contribution >= 0.6 is 0 Å². The summed E-state index contributed by atoms with van der Waals surface area (Å²) in [5.41, 5.74) is -0.638. The number of hydrogen-bond acceptors (Lipinski definition) is 4. The van der Waals surface area contributed by atoms with Gasteiger partial charge in [0, 0.05) is 26.0 Å². The molecule has 7 heteroatoms. The maximum absolute atomic E-state index is 13.1. The third-order valence-electron chi connectivity index (χ3n) is 5.45. The second-order valence-corrected chi connectivity index (χ2v) is 8.89. The van der Waals surface area contributed by atoms with Crippen molar-refractivity contribution in [2.75, 3.05) is 20.1 Å². The van der Waals surface area contributed by atoms with Crippen LogP contribution < -0.4 is 0 Å². The number of carbonyl (C=O) groups excluding carboxylic acids is 2. The molecule has 4 atom stereocenters. The number of ether oxygens (including phenoxy) is 1. The highest BCUT2D eigenvalue weighted by molar-refractivity contribution is 5.93. The van der Waals surface area contributed by atoms with Gasteiger partial charge in [0.1, 0.15) is 11.4 Å². The number of fused-ring (bicyclic) bond motifs is 1. The Kier molecular flexibility index (Phi) is 3.77. The highest BCUT2D eigenvalue weighted by atomic mass is 16.5. The summed E-state index contributed by atoms with van der Waals surface area (Å²) in [5.74, 6) is -0.184. The van der Waals surface area contributed by atoms with Gasteiger partial charge >= 0.3 is 0 Å². The molecule has 140 valence electrons. The number of nitrogens with zero attached hydrogens (tertiary/aromatic N) is 3. The summed E-state index contributed by atoms with van der Waals surface area (Å²) < 4.78 is 6.17. The molecule has 3 aliphatic rings. The molecule has 26 heavy (non-hydrogen) atoms. The number of H-pyrrole nitrogens is 1. The summed E-state index contributed by atoms with van der Waals surface area (Å²) >= 11 is 0. The van der Waals surface area contributed by atoms with Gasteiger partial charge in [-0.1, -0.05) is 32.9 Å². The van der Waals surface area contributed by atoms with E-state index < -0.39 is 17.4 Å². The summed E-state index contributed by atoms with van der Waals surface area (Å²) in [4.78, 5) is 36.9. The number of likely N-dealkylation sites (tertiary alicyclic amines) is 1. The van der Waals surface area contributed by atoms with Crippen LogP contribution in [0.15, 0.2) is 24.5 Å². The Hall–Kier alpha value is -2.15. The average molecular weight is 358 g/mol. The van der Waals surface area contributed by atoms with Crippen molar-refractivity contribution in [3.63, 3.8) is 0 Å². The number of aromatic nitrogens is 2. The van der Waals surface area contributed by atoms with E-state index in [4.69, 9.17) is 4.74 Å². The van der Waals surface area contributed by atoms with Crippen LogP contribution in [0.3, 0.4) is 0 Å². The number of amides is 2. The fraction of sp³-hybridized carbons (Fsp3) is 0.632. The lowest BCUT2D eigenvalue weighted by Crippen LogP contribution is -2.45. The van der Waals surface area contributed by atoms with Crippen molar-refractivity contribution in [2.45, 2.75) is 39.0 Å². The molecule has 2 saturated heterocycles. The average Bonchev–Trinajstić information content (AvgIpc) is 3.29. The Bertz CT molecular complexity index is 751. The molecule has 1 aromatic heterocycles. The first-order valence-electron chi connectivity index (χ1n) is 9.09. The second kappa shape index (κ2) is 5.67.